The van der Waals surface area contributed by atoms with Crippen molar-refractivity contribution in [2.45, 2.75) is 11.3 Å². The van der Waals surface area contributed by atoms with Crippen LogP contribution in [0, 0.1) is 5.92 Å². The first-order chi connectivity index (χ1) is 9.84. The van der Waals surface area contributed by atoms with Gasteiger partial charge in [0.2, 0.25) is 10.0 Å². The van der Waals surface area contributed by atoms with Gasteiger partial charge in [0, 0.05) is 13.1 Å². The zero-order valence-corrected chi connectivity index (χ0v) is 12.2. The molecule has 1 aliphatic heterocycles. The van der Waals surface area contributed by atoms with Crippen LogP contribution in [0.2, 0.25) is 0 Å². The second kappa shape index (κ2) is 5.82. The lowest BCUT2D eigenvalue weighted by atomic mass is 10.00. The molecule has 0 unspecified atom stereocenters. The van der Waals surface area contributed by atoms with Crippen molar-refractivity contribution in [1.82, 2.24) is 4.31 Å². The van der Waals surface area contributed by atoms with Crippen molar-refractivity contribution in [1.29, 1.82) is 0 Å². The highest BCUT2D eigenvalue weighted by Crippen LogP contribution is 2.27. The van der Waals surface area contributed by atoms with E-state index in [9.17, 15) is 18.0 Å². The van der Waals surface area contributed by atoms with Gasteiger partial charge in [-0.25, -0.2) is 13.2 Å². The van der Waals surface area contributed by atoms with Gasteiger partial charge in [0.15, 0.2) is 0 Å². The molecule has 1 aromatic rings. The quantitative estimate of drug-likeness (QED) is 0.797. The number of hydrogen-bond acceptors (Lipinski definition) is 5. The number of ether oxygens (including phenoxy) is 1. The lowest BCUT2D eigenvalue weighted by Gasteiger charge is -2.37. The summed E-state index contributed by atoms with van der Waals surface area (Å²) in [5.41, 5.74) is 0.154. The highest BCUT2D eigenvalue weighted by molar-refractivity contribution is 7.89. The van der Waals surface area contributed by atoms with Crippen LogP contribution >= 0.6 is 0 Å². The van der Waals surface area contributed by atoms with E-state index < -0.39 is 22.0 Å². The van der Waals surface area contributed by atoms with Crippen LogP contribution in [0.3, 0.4) is 0 Å². The van der Waals surface area contributed by atoms with Crippen LogP contribution in [0.5, 0.6) is 0 Å². The average molecular weight is 313 g/mol. The number of carboxylic acid groups (broad SMARTS) is 1. The number of carbonyl (C=O) groups excluding carboxylic acids is 1. The van der Waals surface area contributed by atoms with E-state index in [4.69, 9.17) is 5.11 Å². The van der Waals surface area contributed by atoms with Crippen LogP contribution in [-0.2, 0) is 19.6 Å². The van der Waals surface area contributed by atoms with E-state index in [1.165, 1.54) is 35.7 Å². The average Bonchev–Trinajstić information content (AvgIpc) is 2.41. The molecule has 0 saturated carbocycles. The van der Waals surface area contributed by atoms with Crippen molar-refractivity contribution in [2.24, 2.45) is 5.92 Å². The lowest BCUT2D eigenvalue weighted by Crippen LogP contribution is -2.50. The minimum absolute atomic E-state index is 0.000764. The fraction of sp³-hybridized carbons (Fsp3) is 0.385. The Bertz CT molecular complexity index is 663. The Labute approximate surface area is 122 Å². The molecule has 8 heteroatoms. The molecule has 1 N–H and O–H groups in total. The van der Waals surface area contributed by atoms with Crippen molar-refractivity contribution >= 4 is 22.0 Å². The van der Waals surface area contributed by atoms with Crippen molar-refractivity contribution < 1.29 is 27.9 Å². The summed E-state index contributed by atoms with van der Waals surface area (Å²) in [6, 6.07) is 5.58. The number of sulfonamides is 1. The van der Waals surface area contributed by atoms with Gasteiger partial charge < -0.3 is 9.84 Å². The SMILES string of the molecule is COC(=O)c1cccc(S(=O)(=O)N2CC(CC(=O)O)C2)c1. The summed E-state index contributed by atoms with van der Waals surface area (Å²) in [7, 11) is -2.48. The largest absolute Gasteiger partial charge is 0.481 e. The molecular formula is C13H15NO6S. The Kier molecular flexibility index (Phi) is 4.29. The first-order valence-electron chi connectivity index (χ1n) is 6.25. The van der Waals surface area contributed by atoms with Gasteiger partial charge in [-0.2, -0.15) is 4.31 Å². The van der Waals surface area contributed by atoms with Crippen LogP contribution in [0.1, 0.15) is 16.8 Å². The zero-order chi connectivity index (χ0) is 15.6. The zero-order valence-electron chi connectivity index (χ0n) is 11.4. The smallest absolute Gasteiger partial charge is 0.337 e. The van der Waals surface area contributed by atoms with Gasteiger partial charge in [0.1, 0.15) is 0 Å². The maximum Gasteiger partial charge on any atom is 0.337 e. The lowest BCUT2D eigenvalue weighted by molar-refractivity contribution is -0.139. The minimum Gasteiger partial charge on any atom is -0.481 e. The number of carboxylic acids is 1. The number of carbonyl (C=O) groups is 2. The predicted octanol–water partition coefficient (Wildman–Crippen LogP) is 0.568. The van der Waals surface area contributed by atoms with Crippen LogP contribution in [0.4, 0.5) is 0 Å². The van der Waals surface area contributed by atoms with Gasteiger partial charge in [-0.3, -0.25) is 4.79 Å². The van der Waals surface area contributed by atoms with E-state index in [2.05, 4.69) is 4.74 Å². The third kappa shape index (κ3) is 3.22. The summed E-state index contributed by atoms with van der Waals surface area (Å²) in [5.74, 6) is -1.72. The Morgan fingerprint density at radius 1 is 1.38 bits per heavy atom. The number of benzene rings is 1. The third-order valence-electron chi connectivity index (χ3n) is 3.28. The molecule has 1 aromatic carbocycles. The van der Waals surface area contributed by atoms with Gasteiger partial charge in [-0.05, 0) is 24.1 Å². The molecule has 1 saturated heterocycles. The van der Waals surface area contributed by atoms with E-state index in [0.29, 0.717) is 0 Å². The van der Waals surface area contributed by atoms with Crippen LogP contribution in [0.15, 0.2) is 29.2 Å². The summed E-state index contributed by atoms with van der Waals surface area (Å²) in [6.45, 7) is 0.355. The fourth-order valence-electron chi connectivity index (χ4n) is 2.15. The molecule has 0 aromatic heterocycles. The molecular weight excluding hydrogens is 298 g/mol. The molecule has 0 bridgehead atoms. The molecule has 0 atom stereocenters. The number of rotatable bonds is 5. The molecule has 1 aliphatic rings. The highest BCUT2D eigenvalue weighted by Gasteiger charge is 2.37. The second-order valence-electron chi connectivity index (χ2n) is 4.81. The molecule has 0 radical (unpaired) electrons. The van der Waals surface area contributed by atoms with Gasteiger partial charge in [-0.1, -0.05) is 6.07 Å². The van der Waals surface area contributed by atoms with Gasteiger partial charge in [0.25, 0.3) is 0 Å². The number of methoxy groups -OCH3 is 1. The van der Waals surface area contributed by atoms with Gasteiger partial charge in [-0.15, -0.1) is 0 Å². The minimum atomic E-state index is -3.70. The van der Waals surface area contributed by atoms with E-state index in [-0.39, 0.29) is 35.9 Å². The first-order valence-corrected chi connectivity index (χ1v) is 7.69. The first kappa shape index (κ1) is 15.5. The Balaban J connectivity index is 2.14. The summed E-state index contributed by atoms with van der Waals surface area (Å²) in [6.07, 6.45) is -0.0474. The molecule has 1 heterocycles. The van der Waals surface area contributed by atoms with Crippen molar-refractivity contribution in [3.05, 3.63) is 29.8 Å². The standard InChI is InChI=1S/C13H15NO6S/c1-20-13(17)10-3-2-4-11(6-10)21(18,19)14-7-9(8-14)5-12(15)16/h2-4,6,9H,5,7-8H2,1H3,(H,15,16). The van der Waals surface area contributed by atoms with Crippen LogP contribution in [-0.4, -0.2) is 50.0 Å². The topological polar surface area (TPSA) is 101 Å². The maximum absolute atomic E-state index is 12.3. The normalized spacial score (nSPS) is 16.2. The molecule has 0 amide bonds. The molecule has 2 rings (SSSR count). The van der Waals surface area contributed by atoms with Crippen LogP contribution < -0.4 is 0 Å². The summed E-state index contributed by atoms with van der Waals surface area (Å²) in [4.78, 5) is 22.0. The number of aliphatic carboxylic acids is 1. The van der Waals surface area contributed by atoms with Crippen LogP contribution in [0.25, 0.3) is 0 Å². The van der Waals surface area contributed by atoms with Crippen molar-refractivity contribution in [2.75, 3.05) is 20.2 Å². The van der Waals surface area contributed by atoms with Crippen molar-refractivity contribution in [3.63, 3.8) is 0 Å². The Morgan fingerprint density at radius 2 is 2.05 bits per heavy atom. The van der Waals surface area contributed by atoms with E-state index in [0.717, 1.165) is 0 Å². The third-order valence-corrected chi connectivity index (χ3v) is 5.11. The monoisotopic (exact) mass is 313 g/mol. The predicted molar refractivity (Wildman–Crippen MR) is 72.3 cm³/mol. The summed E-state index contributed by atoms with van der Waals surface area (Å²) < 4.78 is 30.4. The Hall–Kier alpha value is -1.93. The number of hydrogen-bond donors (Lipinski definition) is 1. The summed E-state index contributed by atoms with van der Waals surface area (Å²) >= 11 is 0. The van der Waals surface area contributed by atoms with Gasteiger partial charge >= 0.3 is 11.9 Å². The second-order valence-corrected chi connectivity index (χ2v) is 6.74. The molecule has 0 aliphatic carbocycles. The molecule has 21 heavy (non-hydrogen) atoms. The molecule has 7 nitrogen and oxygen atoms in total. The molecule has 0 spiro atoms. The highest BCUT2D eigenvalue weighted by atomic mass is 32.2. The molecule has 1 fully saturated rings. The number of esters is 1. The summed E-state index contributed by atoms with van der Waals surface area (Å²) in [5, 5.41) is 8.66. The van der Waals surface area contributed by atoms with Crippen molar-refractivity contribution in [3.8, 4) is 0 Å². The number of nitrogens with zero attached hydrogens (tertiary/aromatic N) is 1. The van der Waals surface area contributed by atoms with Gasteiger partial charge in [0.05, 0.1) is 24.0 Å². The van der Waals surface area contributed by atoms with E-state index >= 15 is 0 Å². The maximum atomic E-state index is 12.3. The molecule has 114 valence electrons. The van der Waals surface area contributed by atoms with E-state index in [1.807, 2.05) is 0 Å². The van der Waals surface area contributed by atoms with E-state index in [1.54, 1.807) is 0 Å². The fourth-order valence-corrected chi connectivity index (χ4v) is 3.78. The Morgan fingerprint density at radius 3 is 2.62 bits per heavy atom.